The van der Waals surface area contributed by atoms with Gasteiger partial charge in [-0.15, -0.1) is 0 Å². The Balaban J connectivity index is 2.13. The van der Waals surface area contributed by atoms with Crippen molar-refractivity contribution in [1.29, 1.82) is 0 Å². The van der Waals surface area contributed by atoms with Crippen LogP contribution in [0.3, 0.4) is 0 Å². The van der Waals surface area contributed by atoms with Crippen molar-refractivity contribution < 1.29 is 9.59 Å². The van der Waals surface area contributed by atoms with Crippen molar-refractivity contribution >= 4 is 39.1 Å². The molecule has 1 N–H and O–H groups in total. The number of carbonyl (C=O) groups excluding carboxylic acids is 2. The molecule has 108 valence electrons. The monoisotopic (exact) mass is 338 g/mol. The first-order valence-electron chi connectivity index (χ1n) is 6.76. The summed E-state index contributed by atoms with van der Waals surface area (Å²) >= 11 is 3.39. The van der Waals surface area contributed by atoms with Crippen LogP contribution in [0.2, 0.25) is 0 Å². The molecule has 1 aliphatic heterocycles. The Morgan fingerprint density at radius 2 is 2.05 bits per heavy atom. The SMILES string of the molecule is CC(=O)N1CCc2cc(NC(=O)C(Br)C(C)C)ccc21. The van der Waals surface area contributed by atoms with Gasteiger partial charge in [0.05, 0.1) is 4.83 Å². The third-order valence-corrected chi connectivity index (χ3v) is 4.93. The molecule has 5 heteroatoms. The highest BCUT2D eigenvalue weighted by Crippen LogP contribution is 2.30. The lowest BCUT2D eigenvalue weighted by Crippen LogP contribution is -2.27. The minimum atomic E-state index is -0.204. The van der Waals surface area contributed by atoms with Gasteiger partial charge in [0, 0.05) is 24.8 Å². The fourth-order valence-electron chi connectivity index (χ4n) is 2.32. The first-order valence-corrected chi connectivity index (χ1v) is 7.67. The molecule has 4 nitrogen and oxygen atoms in total. The lowest BCUT2D eigenvalue weighted by atomic mass is 10.1. The number of halogens is 1. The van der Waals surface area contributed by atoms with E-state index >= 15 is 0 Å². The molecule has 0 bridgehead atoms. The van der Waals surface area contributed by atoms with Crippen molar-refractivity contribution in [3.63, 3.8) is 0 Å². The number of hydrogen-bond donors (Lipinski definition) is 1. The van der Waals surface area contributed by atoms with Gasteiger partial charge in [-0.25, -0.2) is 0 Å². The minimum absolute atomic E-state index is 0.0404. The van der Waals surface area contributed by atoms with Gasteiger partial charge in [-0.1, -0.05) is 29.8 Å². The Labute approximate surface area is 127 Å². The van der Waals surface area contributed by atoms with E-state index in [1.807, 2.05) is 32.0 Å². The summed E-state index contributed by atoms with van der Waals surface area (Å²) in [7, 11) is 0. The van der Waals surface area contributed by atoms with E-state index in [0.29, 0.717) is 0 Å². The van der Waals surface area contributed by atoms with Crippen LogP contribution in [0.4, 0.5) is 11.4 Å². The average Bonchev–Trinajstić information content (AvgIpc) is 2.80. The summed E-state index contributed by atoms with van der Waals surface area (Å²) in [6.45, 7) is 6.27. The summed E-state index contributed by atoms with van der Waals surface area (Å²) in [5, 5.41) is 2.91. The average molecular weight is 339 g/mol. The zero-order valence-corrected chi connectivity index (χ0v) is 13.5. The van der Waals surface area contributed by atoms with Crippen molar-refractivity contribution in [1.82, 2.24) is 0 Å². The van der Waals surface area contributed by atoms with E-state index in [2.05, 4.69) is 21.2 Å². The molecule has 1 unspecified atom stereocenters. The maximum atomic E-state index is 12.0. The Kier molecular flexibility index (Phi) is 4.48. The van der Waals surface area contributed by atoms with Gasteiger partial charge in [0.2, 0.25) is 11.8 Å². The molecule has 0 saturated carbocycles. The zero-order valence-electron chi connectivity index (χ0n) is 11.9. The van der Waals surface area contributed by atoms with Crippen molar-refractivity contribution in [2.75, 3.05) is 16.8 Å². The first-order chi connectivity index (χ1) is 9.40. The highest BCUT2D eigenvalue weighted by molar-refractivity contribution is 9.10. The second-order valence-electron chi connectivity index (χ2n) is 5.40. The first kappa shape index (κ1) is 15.0. The molecule has 1 heterocycles. The van der Waals surface area contributed by atoms with E-state index in [4.69, 9.17) is 0 Å². The molecule has 20 heavy (non-hydrogen) atoms. The number of amides is 2. The molecule has 1 aromatic rings. The van der Waals surface area contributed by atoms with Crippen LogP contribution in [0.1, 0.15) is 26.3 Å². The topological polar surface area (TPSA) is 49.4 Å². The largest absolute Gasteiger partial charge is 0.325 e. The number of benzene rings is 1. The highest BCUT2D eigenvalue weighted by atomic mass is 79.9. The number of anilines is 2. The summed E-state index contributed by atoms with van der Waals surface area (Å²) in [5.41, 5.74) is 2.84. The molecule has 0 spiro atoms. The van der Waals surface area contributed by atoms with E-state index in [0.717, 1.165) is 29.9 Å². The van der Waals surface area contributed by atoms with Gasteiger partial charge in [0.15, 0.2) is 0 Å². The number of carbonyl (C=O) groups is 2. The van der Waals surface area contributed by atoms with E-state index in [1.165, 1.54) is 0 Å². The molecule has 1 atom stereocenters. The highest BCUT2D eigenvalue weighted by Gasteiger charge is 2.23. The molecule has 0 saturated heterocycles. The van der Waals surface area contributed by atoms with Crippen molar-refractivity contribution in [3.8, 4) is 0 Å². The number of hydrogen-bond acceptors (Lipinski definition) is 2. The summed E-state index contributed by atoms with van der Waals surface area (Å²) in [6, 6.07) is 5.70. The lowest BCUT2D eigenvalue weighted by Gasteiger charge is -2.16. The molecule has 0 aromatic heterocycles. The standard InChI is InChI=1S/C15H19BrN2O2/c1-9(2)14(16)15(20)17-12-4-5-13-11(8-12)6-7-18(13)10(3)19/h4-5,8-9,14H,6-7H2,1-3H3,(H,17,20). The van der Waals surface area contributed by atoms with E-state index < -0.39 is 0 Å². The predicted molar refractivity (Wildman–Crippen MR) is 84.4 cm³/mol. The molecule has 0 fully saturated rings. The number of alkyl halides is 1. The van der Waals surface area contributed by atoms with Crippen molar-refractivity contribution in [2.24, 2.45) is 5.92 Å². The third kappa shape index (κ3) is 3.03. The molecular formula is C15H19BrN2O2. The van der Waals surface area contributed by atoms with Gasteiger partial charge < -0.3 is 10.2 Å². The Morgan fingerprint density at radius 3 is 2.65 bits per heavy atom. The third-order valence-electron chi connectivity index (χ3n) is 3.46. The van der Waals surface area contributed by atoms with Gasteiger partial charge in [-0.3, -0.25) is 9.59 Å². The predicted octanol–water partition coefficient (Wildman–Crippen LogP) is 2.95. The zero-order chi connectivity index (χ0) is 14.9. The van der Waals surface area contributed by atoms with Gasteiger partial charge >= 0.3 is 0 Å². The lowest BCUT2D eigenvalue weighted by molar-refractivity contribution is -0.117. The Bertz CT molecular complexity index is 543. The second kappa shape index (κ2) is 5.95. The molecule has 2 rings (SSSR count). The van der Waals surface area contributed by atoms with Crippen LogP contribution >= 0.6 is 15.9 Å². The minimum Gasteiger partial charge on any atom is -0.325 e. The van der Waals surface area contributed by atoms with Crippen LogP contribution in [0.15, 0.2) is 18.2 Å². The fraction of sp³-hybridized carbons (Fsp3) is 0.467. The van der Waals surface area contributed by atoms with Crippen molar-refractivity contribution in [3.05, 3.63) is 23.8 Å². The molecule has 2 amide bonds. The maximum Gasteiger partial charge on any atom is 0.238 e. The van der Waals surface area contributed by atoms with E-state index in [9.17, 15) is 9.59 Å². The van der Waals surface area contributed by atoms with Gasteiger partial charge in [-0.2, -0.15) is 0 Å². The number of fused-ring (bicyclic) bond motifs is 1. The summed E-state index contributed by atoms with van der Waals surface area (Å²) in [4.78, 5) is 25.1. The summed E-state index contributed by atoms with van der Waals surface area (Å²) in [5.74, 6) is 0.250. The van der Waals surface area contributed by atoms with Gasteiger partial charge in [-0.05, 0) is 36.1 Å². The fourth-order valence-corrected chi connectivity index (χ4v) is 2.44. The van der Waals surface area contributed by atoms with Crippen LogP contribution in [0.25, 0.3) is 0 Å². The smallest absolute Gasteiger partial charge is 0.238 e. The second-order valence-corrected chi connectivity index (χ2v) is 6.39. The normalized spacial score (nSPS) is 15.2. The van der Waals surface area contributed by atoms with Crippen LogP contribution in [-0.4, -0.2) is 23.2 Å². The molecule has 0 radical (unpaired) electrons. The Hall–Kier alpha value is -1.36. The molecule has 1 aromatic carbocycles. The van der Waals surface area contributed by atoms with Gasteiger partial charge in [0.1, 0.15) is 0 Å². The number of nitrogens with zero attached hydrogens (tertiary/aromatic N) is 1. The van der Waals surface area contributed by atoms with Crippen LogP contribution in [0.5, 0.6) is 0 Å². The summed E-state index contributed by atoms with van der Waals surface area (Å²) in [6.07, 6.45) is 0.834. The molecular weight excluding hydrogens is 320 g/mol. The summed E-state index contributed by atoms with van der Waals surface area (Å²) < 4.78 is 0. The van der Waals surface area contributed by atoms with Crippen LogP contribution in [0, 0.1) is 5.92 Å². The Morgan fingerprint density at radius 1 is 1.35 bits per heavy atom. The number of nitrogens with one attached hydrogen (secondary N) is 1. The van der Waals surface area contributed by atoms with E-state index in [1.54, 1.807) is 11.8 Å². The van der Waals surface area contributed by atoms with E-state index in [-0.39, 0.29) is 22.6 Å². The quantitative estimate of drug-likeness (QED) is 0.861. The molecule has 0 aliphatic carbocycles. The van der Waals surface area contributed by atoms with Crippen LogP contribution < -0.4 is 10.2 Å². The number of rotatable bonds is 3. The van der Waals surface area contributed by atoms with Crippen LogP contribution in [-0.2, 0) is 16.0 Å². The molecule has 1 aliphatic rings. The maximum absolute atomic E-state index is 12.0. The van der Waals surface area contributed by atoms with Crippen molar-refractivity contribution in [2.45, 2.75) is 32.0 Å². The van der Waals surface area contributed by atoms with Gasteiger partial charge in [0.25, 0.3) is 0 Å².